The van der Waals surface area contributed by atoms with Crippen LogP contribution in [-0.2, 0) is 6.42 Å². The Morgan fingerprint density at radius 1 is 1.53 bits per heavy atom. The molecule has 1 atom stereocenters. The fourth-order valence-electron chi connectivity index (χ4n) is 2.11. The minimum absolute atomic E-state index is 0.166. The third-order valence-corrected chi connectivity index (χ3v) is 3.66. The van der Waals surface area contributed by atoms with E-state index in [0.29, 0.717) is 10.4 Å². The van der Waals surface area contributed by atoms with Crippen LogP contribution in [0.15, 0.2) is 16.6 Å². The Bertz CT molecular complexity index is 359. The lowest BCUT2D eigenvalue weighted by atomic mass is 9.95. The molecule has 0 saturated carbocycles. The molecular formula is C12H15BrFN. The van der Waals surface area contributed by atoms with Crippen LogP contribution >= 0.6 is 15.9 Å². The summed E-state index contributed by atoms with van der Waals surface area (Å²) < 4.78 is 13.8. The third kappa shape index (κ3) is 2.58. The first-order valence-corrected chi connectivity index (χ1v) is 6.11. The van der Waals surface area contributed by atoms with Gasteiger partial charge < -0.3 is 5.32 Å². The molecule has 1 nitrogen and oxygen atoms in total. The van der Waals surface area contributed by atoms with Crippen molar-refractivity contribution in [3.63, 3.8) is 0 Å². The highest BCUT2D eigenvalue weighted by Crippen LogP contribution is 2.24. The first-order chi connectivity index (χ1) is 7.16. The van der Waals surface area contributed by atoms with Gasteiger partial charge in [0.05, 0.1) is 4.47 Å². The van der Waals surface area contributed by atoms with Gasteiger partial charge >= 0.3 is 0 Å². The first-order valence-electron chi connectivity index (χ1n) is 5.32. The van der Waals surface area contributed by atoms with Crippen molar-refractivity contribution >= 4 is 15.9 Å². The van der Waals surface area contributed by atoms with E-state index in [1.807, 2.05) is 13.0 Å². The molecule has 1 heterocycles. The van der Waals surface area contributed by atoms with Crippen molar-refractivity contribution in [1.82, 2.24) is 5.32 Å². The fourth-order valence-corrected chi connectivity index (χ4v) is 2.50. The summed E-state index contributed by atoms with van der Waals surface area (Å²) in [5.74, 6) is 0.543. The molecule has 0 aromatic heterocycles. The molecule has 1 aromatic carbocycles. The lowest BCUT2D eigenvalue weighted by Crippen LogP contribution is -2.11. The molecule has 82 valence electrons. The summed E-state index contributed by atoms with van der Waals surface area (Å²) in [4.78, 5) is 0. The van der Waals surface area contributed by atoms with Crippen LogP contribution in [0.3, 0.4) is 0 Å². The van der Waals surface area contributed by atoms with Crippen molar-refractivity contribution in [3.05, 3.63) is 33.5 Å². The Morgan fingerprint density at radius 2 is 2.33 bits per heavy atom. The van der Waals surface area contributed by atoms with Gasteiger partial charge in [-0.3, -0.25) is 0 Å². The second-order valence-corrected chi connectivity index (χ2v) is 5.11. The zero-order chi connectivity index (χ0) is 10.8. The molecule has 1 aliphatic heterocycles. The largest absolute Gasteiger partial charge is 0.316 e. The predicted molar refractivity (Wildman–Crippen MR) is 63.5 cm³/mol. The Morgan fingerprint density at radius 3 is 3.00 bits per heavy atom. The van der Waals surface area contributed by atoms with Gasteiger partial charge in [-0.15, -0.1) is 0 Å². The van der Waals surface area contributed by atoms with E-state index in [2.05, 4.69) is 21.2 Å². The van der Waals surface area contributed by atoms with Crippen molar-refractivity contribution in [1.29, 1.82) is 0 Å². The van der Waals surface area contributed by atoms with Crippen molar-refractivity contribution in [2.45, 2.75) is 19.8 Å². The van der Waals surface area contributed by atoms with Crippen molar-refractivity contribution < 1.29 is 4.39 Å². The van der Waals surface area contributed by atoms with Gasteiger partial charge in [0.25, 0.3) is 0 Å². The highest BCUT2D eigenvalue weighted by atomic mass is 79.9. The van der Waals surface area contributed by atoms with Crippen LogP contribution in [0.5, 0.6) is 0 Å². The van der Waals surface area contributed by atoms with E-state index in [9.17, 15) is 4.39 Å². The number of halogens is 2. The van der Waals surface area contributed by atoms with Gasteiger partial charge in [0.1, 0.15) is 5.82 Å². The van der Waals surface area contributed by atoms with E-state index < -0.39 is 0 Å². The standard InChI is InChI=1S/C12H15BrFN/c1-8-4-12(14)11(13)6-10(8)5-9-2-3-15-7-9/h4,6,9,15H,2-3,5,7H2,1H3. The normalized spacial score (nSPS) is 20.9. The lowest BCUT2D eigenvalue weighted by Gasteiger charge is -2.11. The number of nitrogens with one attached hydrogen (secondary N) is 1. The van der Waals surface area contributed by atoms with Gasteiger partial charge in [-0.1, -0.05) is 0 Å². The highest BCUT2D eigenvalue weighted by Gasteiger charge is 2.16. The zero-order valence-corrected chi connectivity index (χ0v) is 10.4. The topological polar surface area (TPSA) is 12.0 Å². The molecular weight excluding hydrogens is 257 g/mol. The average molecular weight is 272 g/mol. The van der Waals surface area contributed by atoms with Crippen LogP contribution in [-0.4, -0.2) is 13.1 Å². The van der Waals surface area contributed by atoms with E-state index >= 15 is 0 Å². The Balaban J connectivity index is 2.16. The van der Waals surface area contributed by atoms with Gasteiger partial charge in [-0.05, 0) is 78.0 Å². The average Bonchev–Trinajstić information content (AvgIpc) is 2.67. The summed E-state index contributed by atoms with van der Waals surface area (Å²) in [5, 5.41) is 3.35. The molecule has 0 amide bonds. The Kier molecular flexibility index (Phi) is 3.42. The second-order valence-electron chi connectivity index (χ2n) is 4.26. The highest BCUT2D eigenvalue weighted by molar-refractivity contribution is 9.10. The summed E-state index contributed by atoms with van der Waals surface area (Å²) in [7, 11) is 0. The molecule has 1 aliphatic rings. The van der Waals surface area contributed by atoms with Crippen LogP contribution in [0.25, 0.3) is 0 Å². The zero-order valence-electron chi connectivity index (χ0n) is 8.82. The van der Waals surface area contributed by atoms with E-state index in [1.54, 1.807) is 6.07 Å². The van der Waals surface area contributed by atoms with Crippen LogP contribution in [0.1, 0.15) is 17.5 Å². The maximum atomic E-state index is 13.2. The molecule has 0 spiro atoms. The summed E-state index contributed by atoms with van der Waals surface area (Å²) in [6.45, 7) is 4.19. The first kappa shape index (κ1) is 11.1. The summed E-state index contributed by atoms with van der Waals surface area (Å²) >= 11 is 3.24. The molecule has 1 fully saturated rings. The van der Waals surface area contributed by atoms with Crippen LogP contribution in [0, 0.1) is 18.7 Å². The van der Waals surface area contributed by atoms with Crippen molar-refractivity contribution in [2.24, 2.45) is 5.92 Å². The number of rotatable bonds is 2. The minimum atomic E-state index is -0.166. The van der Waals surface area contributed by atoms with Gasteiger partial charge in [-0.25, -0.2) is 4.39 Å². The maximum Gasteiger partial charge on any atom is 0.137 e. The maximum absolute atomic E-state index is 13.2. The Labute approximate surface area is 98.2 Å². The molecule has 0 aliphatic carbocycles. The molecule has 1 aromatic rings. The second kappa shape index (κ2) is 4.62. The lowest BCUT2D eigenvalue weighted by molar-refractivity contribution is 0.574. The fraction of sp³-hybridized carbons (Fsp3) is 0.500. The number of hydrogen-bond acceptors (Lipinski definition) is 1. The van der Waals surface area contributed by atoms with Crippen LogP contribution in [0.4, 0.5) is 4.39 Å². The number of aryl methyl sites for hydroxylation is 1. The van der Waals surface area contributed by atoms with Crippen molar-refractivity contribution in [2.75, 3.05) is 13.1 Å². The van der Waals surface area contributed by atoms with Gasteiger partial charge in [0.15, 0.2) is 0 Å². The molecule has 1 saturated heterocycles. The number of benzene rings is 1. The van der Waals surface area contributed by atoms with E-state index in [0.717, 1.165) is 25.1 Å². The summed E-state index contributed by atoms with van der Waals surface area (Å²) in [6.07, 6.45) is 2.28. The SMILES string of the molecule is Cc1cc(F)c(Br)cc1CC1CCNC1. The van der Waals surface area contributed by atoms with E-state index in [1.165, 1.54) is 12.0 Å². The smallest absolute Gasteiger partial charge is 0.137 e. The minimum Gasteiger partial charge on any atom is -0.316 e. The molecule has 0 radical (unpaired) electrons. The predicted octanol–water partition coefficient (Wildman–Crippen LogP) is 3.05. The molecule has 0 bridgehead atoms. The van der Waals surface area contributed by atoms with Crippen LogP contribution in [0.2, 0.25) is 0 Å². The van der Waals surface area contributed by atoms with Crippen molar-refractivity contribution in [3.8, 4) is 0 Å². The summed E-state index contributed by atoms with van der Waals surface area (Å²) in [5.41, 5.74) is 2.32. The molecule has 1 N–H and O–H groups in total. The molecule has 15 heavy (non-hydrogen) atoms. The van der Waals surface area contributed by atoms with Gasteiger partial charge in [-0.2, -0.15) is 0 Å². The molecule has 2 rings (SSSR count). The van der Waals surface area contributed by atoms with Crippen LogP contribution < -0.4 is 5.32 Å². The molecule has 1 unspecified atom stereocenters. The quantitative estimate of drug-likeness (QED) is 0.872. The number of hydrogen-bond donors (Lipinski definition) is 1. The monoisotopic (exact) mass is 271 g/mol. The summed E-state index contributed by atoms with van der Waals surface area (Å²) in [6, 6.07) is 3.53. The Hall–Kier alpha value is -0.410. The van der Waals surface area contributed by atoms with Gasteiger partial charge in [0.2, 0.25) is 0 Å². The van der Waals surface area contributed by atoms with E-state index in [4.69, 9.17) is 0 Å². The van der Waals surface area contributed by atoms with E-state index in [-0.39, 0.29) is 5.82 Å². The molecule has 3 heteroatoms. The third-order valence-electron chi connectivity index (χ3n) is 3.05. The van der Waals surface area contributed by atoms with Gasteiger partial charge in [0, 0.05) is 0 Å².